The van der Waals surface area contributed by atoms with Gasteiger partial charge in [-0.2, -0.15) is 0 Å². The predicted octanol–water partition coefficient (Wildman–Crippen LogP) is 6.80. The molecule has 0 aliphatic carbocycles. The van der Waals surface area contributed by atoms with E-state index < -0.39 is 18.5 Å². The van der Waals surface area contributed by atoms with E-state index >= 15 is 0 Å². The van der Waals surface area contributed by atoms with Gasteiger partial charge in [-0.1, -0.05) is 61.2 Å². The molecule has 0 spiro atoms. The number of benzene rings is 4. The Morgan fingerprint density at radius 3 is 1.81 bits per heavy atom. The van der Waals surface area contributed by atoms with Crippen molar-refractivity contribution in [3.63, 3.8) is 0 Å². The lowest BCUT2D eigenvalue weighted by molar-refractivity contribution is -0.137. The summed E-state index contributed by atoms with van der Waals surface area (Å²) < 4.78 is 10.8. The van der Waals surface area contributed by atoms with Gasteiger partial charge in [0.2, 0.25) is 0 Å². The van der Waals surface area contributed by atoms with E-state index in [4.69, 9.17) is 9.47 Å². The predicted molar refractivity (Wildman–Crippen MR) is 143 cm³/mol. The summed E-state index contributed by atoms with van der Waals surface area (Å²) in [6, 6.07) is 31.6. The van der Waals surface area contributed by atoms with E-state index in [1.165, 1.54) is 9.79 Å². The molecule has 0 bridgehead atoms. The first-order chi connectivity index (χ1) is 17.5. The molecule has 0 heterocycles. The molecule has 4 rings (SSSR count). The quantitative estimate of drug-likeness (QED) is 0.153. The Morgan fingerprint density at radius 1 is 0.778 bits per heavy atom. The fourth-order valence-electron chi connectivity index (χ4n) is 3.82. The molecule has 4 nitrogen and oxygen atoms in total. The molecule has 4 aromatic rings. The van der Waals surface area contributed by atoms with Gasteiger partial charge in [0.1, 0.15) is 5.75 Å². The average Bonchev–Trinajstić information content (AvgIpc) is 2.91. The van der Waals surface area contributed by atoms with Crippen molar-refractivity contribution in [3.8, 4) is 5.75 Å². The molecular formula is C31H27O4S+. The lowest BCUT2D eigenvalue weighted by atomic mass is 10.1. The van der Waals surface area contributed by atoms with Crippen molar-refractivity contribution in [3.05, 3.63) is 126 Å². The van der Waals surface area contributed by atoms with E-state index in [1.54, 1.807) is 30.3 Å². The van der Waals surface area contributed by atoms with Crippen LogP contribution in [0.2, 0.25) is 0 Å². The van der Waals surface area contributed by atoms with Gasteiger partial charge in [0, 0.05) is 12.1 Å². The average molecular weight is 496 g/mol. The number of carbonyl (C=O) groups excluding carboxylic acids is 2. The number of esters is 2. The summed E-state index contributed by atoms with van der Waals surface area (Å²) in [5.41, 5.74) is 2.94. The van der Waals surface area contributed by atoms with Gasteiger partial charge in [0.15, 0.2) is 21.3 Å². The van der Waals surface area contributed by atoms with E-state index in [2.05, 4.69) is 43.0 Å². The standard InChI is InChI=1S/C31H27O4S/c1-4-24-15-17-25(18-16-24)31(33)34-21-29(32)35-30-22(2)19-28(20-23(30)3)36(26-11-7-5-8-12-26)27-13-9-6-10-14-27/h4-20H,1,21H2,2-3H3/q+1. The fraction of sp³-hybridized carbons (Fsp3) is 0.0968. The normalized spacial score (nSPS) is 10.6. The van der Waals surface area contributed by atoms with Crippen LogP contribution in [0.25, 0.3) is 6.08 Å². The summed E-state index contributed by atoms with van der Waals surface area (Å²) in [6.45, 7) is 7.06. The second-order valence-electron chi connectivity index (χ2n) is 8.19. The van der Waals surface area contributed by atoms with E-state index in [-0.39, 0.29) is 10.9 Å². The highest BCUT2D eigenvalue weighted by Gasteiger charge is 2.30. The number of hydrogen-bond donors (Lipinski definition) is 0. The Hall–Kier alpha value is -4.09. The Balaban J connectivity index is 1.50. The third-order valence-electron chi connectivity index (χ3n) is 5.55. The van der Waals surface area contributed by atoms with E-state index in [1.807, 2.05) is 50.2 Å². The maximum Gasteiger partial charge on any atom is 0.349 e. The van der Waals surface area contributed by atoms with Gasteiger partial charge in [0.05, 0.1) is 16.5 Å². The van der Waals surface area contributed by atoms with Crippen LogP contribution in [0.15, 0.2) is 118 Å². The van der Waals surface area contributed by atoms with Gasteiger partial charge in [-0.05, 0) is 66.9 Å². The van der Waals surface area contributed by atoms with E-state index in [9.17, 15) is 9.59 Å². The summed E-state index contributed by atoms with van der Waals surface area (Å²) in [6.07, 6.45) is 1.69. The first-order valence-electron chi connectivity index (χ1n) is 11.5. The van der Waals surface area contributed by atoms with Gasteiger partial charge in [0.25, 0.3) is 0 Å². The lowest BCUT2D eigenvalue weighted by Gasteiger charge is -2.14. The molecule has 0 unspecified atom stereocenters. The third-order valence-corrected chi connectivity index (χ3v) is 7.74. The molecule has 0 aromatic heterocycles. The minimum atomic E-state index is -0.630. The van der Waals surface area contributed by atoms with Crippen LogP contribution in [0, 0.1) is 13.8 Å². The fourth-order valence-corrected chi connectivity index (χ4v) is 6.08. The number of carbonyl (C=O) groups is 2. The molecule has 180 valence electrons. The number of aryl methyl sites for hydroxylation is 2. The second kappa shape index (κ2) is 11.6. The smallest absolute Gasteiger partial charge is 0.349 e. The summed E-state index contributed by atoms with van der Waals surface area (Å²) in [5.74, 6) is -0.726. The van der Waals surface area contributed by atoms with Gasteiger partial charge >= 0.3 is 11.9 Å². The molecular weight excluding hydrogens is 468 g/mol. The van der Waals surface area contributed by atoms with Crippen LogP contribution >= 0.6 is 0 Å². The van der Waals surface area contributed by atoms with Crippen molar-refractivity contribution in [2.24, 2.45) is 0 Å². The minimum Gasteiger partial charge on any atom is -0.450 e. The Kier molecular flexibility index (Phi) is 8.03. The first-order valence-corrected chi connectivity index (χ1v) is 12.7. The summed E-state index contributed by atoms with van der Waals surface area (Å²) in [7, 11) is -0.305. The molecule has 36 heavy (non-hydrogen) atoms. The van der Waals surface area contributed by atoms with Crippen molar-refractivity contribution in [2.75, 3.05) is 6.61 Å². The zero-order chi connectivity index (χ0) is 25.5. The van der Waals surface area contributed by atoms with Crippen molar-refractivity contribution in [2.45, 2.75) is 28.5 Å². The maximum absolute atomic E-state index is 12.5. The Morgan fingerprint density at radius 2 is 1.31 bits per heavy atom. The third kappa shape index (κ3) is 5.93. The molecule has 5 heteroatoms. The molecule has 0 saturated carbocycles. The van der Waals surface area contributed by atoms with Crippen LogP contribution in [0.3, 0.4) is 0 Å². The molecule has 0 radical (unpaired) electrons. The van der Waals surface area contributed by atoms with Crippen LogP contribution in [0.1, 0.15) is 27.0 Å². The second-order valence-corrected chi connectivity index (χ2v) is 10.2. The largest absolute Gasteiger partial charge is 0.450 e. The molecule has 4 aromatic carbocycles. The monoisotopic (exact) mass is 495 g/mol. The molecule has 0 amide bonds. The molecule has 0 aliphatic rings. The highest BCUT2D eigenvalue weighted by molar-refractivity contribution is 7.97. The van der Waals surface area contributed by atoms with Crippen molar-refractivity contribution < 1.29 is 19.1 Å². The Bertz CT molecular complexity index is 1300. The van der Waals surface area contributed by atoms with Crippen LogP contribution in [-0.2, 0) is 20.4 Å². The molecule has 0 aliphatic heterocycles. The summed E-state index contributed by atoms with van der Waals surface area (Å²) in [5, 5.41) is 0. The zero-order valence-electron chi connectivity index (χ0n) is 20.3. The zero-order valence-corrected chi connectivity index (χ0v) is 21.1. The highest BCUT2D eigenvalue weighted by Crippen LogP contribution is 2.35. The van der Waals surface area contributed by atoms with Gasteiger partial charge in [-0.25, -0.2) is 9.59 Å². The highest BCUT2D eigenvalue weighted by atomic mass is 32.2. The van der Waals surface area contributed by atoms with Gasteiger partial charge in [-0.3, -0.25) is 0 Å². The SMILES string of the molecule is C=Cc1ccc(C(=O)OCC(=O)Oc2c(C)cc([S+](c3ccccc3)c3ccccc3)cc2C)cc1. The van der Waals surface area contributed by atoms with Crippen molar-refractivity contribution in [1.82, 2.24) is 0 Å². The van der Waals surface area contributed by atoms with Crippen LogP contribution in [-0.4, -0.2) is 18.5 Å². The van der Waals surface area contributed by atoms with Crippen LogP contribution in [0.4, 0.5) is 0 Å². The summed E-state index contributed by atoms with van der Waals surface area (Å²) >= 11 is 0. The van der Waals surface area contributed by atoms with Crippen molar-refractivity contribution >= 4 is 28.9 Å². The van der Waals surface area contributed by atoms with Crippen LogP contribution in [0.5, 0.6) is 5.75 Å². The van der Waals surface area contributed by atoms with Gasteiger partial charge in [-0.15, -0.1) is 0 Å². The van der Waals surface area contributed by atoms with Gasteiger partial charge < -0.3 is 9.47 Å². The lowest BCUT2D eigenvalue weighted by Crippen LogP contribution is -2.20. The molecule has 0 fully saturated rings. The number of ether oxygens (including phenoxy) is 2. The van der Waals surface area contributed by atoms with E-state index in [0.29, 0.717) is 11.3 Å². The molecule has 0 saturated heterocycles. The number of hydrogen-bond acceptors (Lipinski definition) is 4. The number of rotatable bonds is 8. The van der Waals surface area contributed by atoms with E-state index in [0.717, 1.165) is 21.6 Å². The van der Waals surface area contributed by atoms with Crippen molar-refractivity contribution in [1.29, 1.82) is 0 Å². The molecule has 0 N–H and O–H groups in total. The maximum atomic E-state index is 12.5. The minimum absolute atomic E-state index is 0.305. The first kappa shape index (κ1) is 25.0. The topological polar surface area (TPSA) is 52.6 Å². The summed E-state index contributed by atoms with van der Waals surface area (Å²) in [4.78, 5) is 28.3. The molecule has 0 atom stereocenters. The van der Waals surface area contributed by atoms with Crippen LogP contribution < -0.4 is 4.74 Å². The Labute approximate surface area is 214 Å².